The number of amides is 2. The fourth-order valence-corrected chi connectivity index (χ4v) is 3.02. The minimum absolute atomic E-state index is 0.0420. The van der Waals surface area contributed by atoms with Crippen LogP contribution >= 0.6 is 23.2 Å². The van der Waals surface area contributed by atoms with E-state index in [2.05, 4.69) is 5.32 Å². The molecule has 0 aromatic heterocycles. The standard InChI is InChI=1S/C19H28Cl2N2O2/c1-5-8-18(24)23(12-14-9-10-15(20)11-16(14)21)17(7-3)19(25)22-13(4)6-2/h9-11,13,17H,5-8,12H2,1-4H3,(H,22,25)/t13-,17-/m1/s1. The van der Waals surface area contributed by atoms with Crippen molar-refractivity contribution >= 4 is 35.0 Å². The molecule has 0 spiro atoms. The number of rotatable bonds is 9. The molecule has 0 saturated heterocycles. The Hall–Kier alpha value is -1.26. The van der Waals surface area contributed by atoms with Crippen molar-refractivity contribution in [2.45, 2.75) is 72.0 Å². The Bertz CT molecular complexity index is 593. The lowest BCUT2D eigenvalue weighted by Crippen LogP contribution is -2.50. The van der Waals surface area contributed by atoms with E-state index in [0.717, 1.165) is 18.4 Å². The summed E-state index contributed by atoms with van der Waals surface area (Å²) in [6.45, 7) is 8.13. The molecular weight excluding hydrogens is 359 g/mol. The lowest BCUT2D eigenvalue weighted by molar-refractivity contribution is -0.141. The van der Waals surface area contributed by atoms with Crippen LogP contribution in [0.3, 0.4) is 0 Å². The van der Waals surface area contributed by atoms with Crippen molar-refractivity contribution in [2.75, 3.05) is 0 Å². The van der Waals surface area contributed by atoms with Gasteiger partial charge in [-0.1, -0.05) is 50.0 Å². The van der Waals surface area contributed by atoms with Crippen LogP contribution in [-0.2, 0) is 16.1 Å². The highest BCUT2D eigenvalue weighted by Crippen LogP contribution is 2.24. The van der Waals surface area contributed by atoms with Gasteiger partial charge in [0.1, 0.15) is 6.04 Å². The fourth-order valence-electron chi connectivity index (χ4n) is 2.55. The summed E-state index contributed by atoms with van der Waals surface area (Å²) in [5.41, 5.74) is 0.783. The van der Waals surface area contributed by atoms with Crippen LogP contribution in [0.2, 0.25) is 10.0 Å². The van der Waals surface area contributed by atoms with Gasteiger partial charge in [-0.2, -0.15) is 0 Å². The molecule has 0 radical (unpaired) electrons. The Morgan fingerprint density at radius 3 is 2.36 bits per heavy atom. The van der Waals surface area contributed by atoms with Gasteiger partial charge < -0.3 is 10.2 Å². The largest absolute Gasteiger partial charge is 0.352 e. The van der Waals surface area contributed by atoms with E-state index in [1.807, 2.05) is 27.7 Å². The van der Waals surface area contributed by atoms with Crippen LogP contribution in [0.4, 0.5) is 0 Å². The van der Waals surface area contributed by atoms with Crippen molar-refractivity contribution in [1.82, 2.24) is 10.2 Å². The average Bonchev–Trinajstić information content (AvgIpc) is 2.56. The third-order valence-corrected chi connectivity index (χ3v) is 4.79. The van der Waals surface area contributed by atoms with E-state index in [1.54, 1.807) is 23.1 Å². The van der Waals surface area contributed by atoms with Gasteiger partial charge in [0, 0.05) is 29.1 Å². The number of nitrogens with one attached hydrogen (secondary N) is 1. The molecule has 140 valence electrons. The highest BCUT2D eigenvalue weighted by Gasteiger charge is 2.29. The number of benzene rings is 1. The van der Waals surface area contributed by atoms with E-state index in [1.165, 1.54) is 0 Å². The topological polar surface area (TPSA) is 49.4 Å². The predicted molar refractivity (Wildman–Crippen MR) is 104 cm³/mol. The zero-order chi connectivity index (χ0) is 19.0. The second kappa shape index (κ2) is 10.7. The molecule has 1 aromatic rings. The van der Waals surface area contributed by atoms with Gasteiger partial charge >= 0.3 is 0 Å². The molecule has 1 aromatic carbocycles. The SMILES string of the molecule is CCCC(=O)N(Cc1ccc(Cl)cc1Cl)[C@H](CC)C(=O)N[C@H](C)CC. The van der Waals surface area contributed by atoms with E-state index in [9.17, 15) is 9.59 Å². The van der Waals surface area contributed by atoms with Gasteiger partial charge in [-0.25, -0.2) is 0 Å². The minimum Gasteiger partial charge on any atom is -0.352 e. The van der Waals surface area contributed by atoms with Gasteiger partial charge in [0.15, 0.2) is 0 Å². The zero-order valence-corrected chi connectivity index (χ0v) is 17.0. The fraction of sp³-hybridized carbons (Fsp3) is 0.579. The Morgan fingerprint density at radius 2 is 1.84 bits per heavy atom. The highest BCUT2D eigenvalue weighted by atomic mass is 35.5. The minimum atomic E-state index is -0.514. The van der Waals surface area contributed by atoms with Gasteiger partial charge in [-0.3, -0.25) is 9.59 Å². The van der Waals surface area contributed by atoms with E-state index in [-0.39, 0.29) is 17.9 Å². The van der Waals surface area contributed by atoms with Gasteiger partial charge in [0.25, 0.3) is 0 Å². The van der Waals surface area contributed by atoms with E-state index < -0.39 is 6.04 Å². The van der Waals surface area contributed by atoms with Crippen LogP contribution in [0.5, 0.6) is 0 Å². The van der Waals surface area contributed by atoms with Gasteiger partial charge in [-0.15, -0.1) is 0 Å². The average molecular weight is 387 g/mol. The second-order valence-electron chi connectivity index (χ2n) is 6.25. The maximum absolute atomic E-state index is 12.7. The van der Waals surface area contributed by atoms with E-state index in [4.69, 9.17) is 23.2 Å². The Morgan fingerprint density at radius 1 is 1.16 bits per heavy atom. The number of carbonyl (C=O) groups excluding carboxylic acids is 2. The molecule has 2 amide bonds. The zero-order valence-electron chi connectivity index (χ0n) is 15.4. The second-order valence-corrected chi connectivity index (χ2v) is 7.09. The van der Waals surface area contributed by atoms with Crippen molar-refractivity contribution < 1.29 is 9.59 Å². The molecule has 0 aliphatic heterocycles. The van der Waals surface area contributed by atoms with Gasteiger partial charge in [0.05, 0.1) is 0 Å². The maximum atomic E-state index is 12.7. The summed E-state index contributed by atoms with van der Waals surface area (Å²) >= 11 is 12.2. The summed E-state index contributed by atoms with van der Waals surface area (Å²) in [5.74, 6) is -0.161. The monoisotopic (exact) mass is 386 g/mol. The normalized spacial score (nSPS) is 13.2. The predicted octanol–water partition coefficient (Wildman–Crippen LogP) is 4.82. The lowest BCUT2D eigenvalue weighted by Gasteiger charge is -2.31. The molecular formula is C19H28Cl2N2O2. The number of halogens is 2. The molecule has 2 atom stereocenters. The van der Waals surface area contributed by atoms with Crippen LogP contribution in [0, 0.1) is 0 Å². The maximum Gasteiger partial charge on any atom is 0.243 e. The van der Waals surface area contributed by atoms with Gasteiger partial charge in [0.2, 0.25) is 11.8 Å². The van der Waals surface area contributed by atoms with Crippen LogP contribution in [0.1, 0.15) is 58.9 Å². The van der Waals surface area contributed by atoms with Crippen LogP contribution in [-0.4, -0.2) is 28.8 Å². The number of hydrogen-bond donors (Lipinski definition) is 1. The number of nitrogens with zero attached hydrogens (tertiary/aromatic N) is 1. The van der Waals surface area contributed by atoms with E-state index >= 15 is 0 Å². The molecule has 0 unspecified atom stereocenters. The van der Waals surface area contributed by atoms with Crippen molar-refractivity contribution in [3.8, 4) is 0 Å². The summed E-state index contributed by atoms with van der Waals surface area (Å²) in [7, 11) is 0. The first kappa shape index (κ1) is 21.8. The first-order chi connectivity index (χ1) is 11.8. The molecule has 6 heteroatoms. The third-order valence-electron chi connectivity index (χ3n) is 4.21. The summed E-state index contributed by atoms with van der Waals surface area (Å²) in [4.78, 5) is 27.0. The summed E-state index contributed by atoms with van der Waals surface area (Å²) in [5, 5.41) is 4.02. The smallest absolute Gasteiger partial charge is 0.243 e. The molecule has 0 aliphatic carbocycles. The van der Waals surface area contributed by atoms with Crippen molar-refractivity contribution in [2.24, 2.45) is 0 Å². The number of hydrogen-bond acceptors (Lipinski definition) is 2. The first-order valence-electron chi connectivity index (χ1n) is 8.87. The number of carbonyl (C=O) groups is 2. The molecule has 0 fully saturated rings. The molecule has 0 bridgehead atoms. The molecule has 1 N–H and O–H groups in total. The Labute approximate surface area is 160 Å². The van der Waals surface area contributed by atoms with Crippen LogP contribution in [0.25, 0.3) is 0 Å². The quantitative estimate of drug-likeness (QED) is 0.661. The van der Waals surface area contributed by atoms with Crippen molar-refractivity contribution in [3.63, 3.8) is 0 Å². The third kappa shape index (κ3) is 6.52. The van der Waals surface area contributed by atoms with Crippen LogP contribution < -0.4 is 5.32 Å². The first-order valence-corrected chi connectivity index (χ1v) is 9.63. The van der Waals surface area contributed by atoms with Crippen molar-refractivity contribution in [1.29, 1.82) is 0 Å². The Kier molecular flexibility index (Phi) is 9.30. The summed E-state index contributed by atoms with van der Waals surface area (Å²) in [6.07, 6.45) is 2.52. The van der Waals surface area contributed by atoms with E-state index in [0.29, 0.717) is 29.4 Å². The molecule has 4 nitrogen and oxygen atoms in total. The van der Waals surface area contributed by atoms with Gasteiger partial charge in [-0.05, 0) is 43.9 Å². The summed E-state index contributed by atoms with van der Waals surface area (Å²) < 4.78 is 0. The van der Waals surface area contributed by atoms with Crippen molar-refractivity contribution in [3.05, 3.63) is 33.8 Å². The lowest BCUT2D eigenvalue weighted by atomic mass is 10.1. The van der Waals surface area contributed by atoms with Crippen LogP contribution in [0.15, 0.2) is 18.2 Å². The summed E-state index contributed by atoms with van der Waals surface area (Å²) in [6, 6.07) is 4.76. The molecule has 1 rings (SSSR count). The highest BCUT2D eigenvalue weighted by molar-refractivity contribution is 6.35. The molecule has 0 heterocycles. The molecule has 0 saturated carbocycles. The molecule has 0 aliphatic rings. The molecule has 25 heavy (non-hydrogen) atoms. The Balaban J connectivity index is 3.08.